The minimum absolute atomic E-state index is 0.445. The van der Waals surface area contributed by atoms with Gasteiger partial charge in [-0.2, -0.15) is 5.10 Å². The van der Waals surface area contributed by atoms with E-state index in [1.165, 1.54) is 21.5 Å². The van der Waals surface area contributed by atoms with E-state index in [2.05, 4.69) is 63.9 Å². The van der Waals surface area contributed by atoms with Gasteiger partial charge >= 0.3 is 0 Å². The summed E-state index contributed by atoms with van der Waals surface area (Å²) in [4.78, 5) is 7.88. The highest BCUT2D eigenvalue weighted by molar-refractivity contribution is 9.11. The Balaban J connectivity index is 2.02. The van der Waals surface area contributed by atoms with E-state index in [0.717, 1.165) is 20.6 Å². The van der Waals surface area contributed by atoms with Crippen molar-refractivity contribution in [2.45, 2.75) is 26.7 Å². The summed E-state index contributed by atoms with van der Waals surface area (Å²) in [5.74, 6) is 0.445. The second kappa shape index (κ2) is 4.93. The molecule has 0 atom stereocenters. The lowest BCUT2D eigenvalue weighted by Gasteiger charge is -2.09. The SMILES string of the molecule is Cc1cc(-c2[nH]c3cc(Br)sc3c2C(C)C)cn2ncnc12. The van der Waals surface area contributed by atoms with E-state index >= 15 is 0 Å². The van der Waals surface area contributed by atoms with Crippen molar-refractivity contribution in [2.75, 3.05) is 0 Å². The molecular weight excluding hydrogens is 360 g/mol. The fourth-order valence-electron chi connectivity index (χ4n) is 2.98. The largest absolute Gasteiger partial charge is 0.353 e. The summed E-state index contributed by atoms with van der Waals surface area (Å²) in [5.41, 5.74) is 6.93. The van der Waals surface area contributed by atoms with Crippen LogP contribution in [0.15, 0.2) is 28.4 Å². The molecule has 0 radical (unpaired) electrons. The van der Waals surface area contributed by atoms with Crippen LogP contribution in [0.5, 0.6) is 0 Å². The molecule has 4 aromatic rings. The molecule has 0 spiro atoms. The van der Waals surface area contributed by atoms with Crippen molar-refractivity contribution in [3.05, 3.63) is 39.6 Å². The van der Waals surface area contributed by atoms with Crippen molar-refractivity contribution in [3.63, 3.8) is 0 Å². The number of aryl methyl sites for hydroxylation is 1. The molecule has 4 nitrogen and oxygen atoms in total. The van der Waals surface area contributed by atoms with Gasteiger partial charge in [0, 0.05) is 11.8 Å². The van der Waals surface area contributed by atoms with E-state index in [9.17, 15) is 0 Å². The van der Waals surface area contributed by atoms with Gasteiger partial charge < -0.3 is 4.98 Å². The van der Waals surface area contributed by atoms with Gasteiger partial charge in [-0.3, -0.25) is 0 Å². The first-order chi connectivity index (χ1) is 10.5. The Kier molecular flexibility index (Phi) is 3.13. The molecular formula is C16H15BrN4S. The maximum Gasteiger partial charge on any atom is 0.158 e. The van der Waals surface area contributed by atoms with Crippen LogP contribution in [0.4, 0.5) is 0 Å². The molecule has 6 heteroatoms. The summed E-state index contributed by atoms with van der Waals surface area (Å²) in [7, 11) is 0. The summed E-state index contributed by atoms with van der Waals surface area (Å²) in [5, 5.41) is 4.28. The molecule has 0 aromatic carbocycles. The first-order valence-electron chi connectivity index (χ1n) is 7.16. The Bertz CT molecular complexity index is 993. The van der Waals surface area contributed by atoms with Gasteiger partial charge in [-0.05, 0) is 52.0 Å². The van der Waals surface area contributed by atoms with Crippen LogP contribution in [0.25, 0.3) is 27.1 Å². The molecule has 4 aromatic heterocycles. The van der Waals surface area contributed by atoms with Crippen LogP contribution in [-0.2, 0) is 0 Å². The molecule has 112 valence electrons. The Hall–Kier alpha value is -1.66. The molecule has 0 aliphatic carbocycles. The molecule has 4 heterocycles. The number of rotatable bonds is 2. The maximum atomic E-state index is 4.29. The van der Waals surface area contributed by atoms with Gasteiger partial charge in [0.25, 0.3) is 0 Å². The highest BCUT2D eigenvalue weighted by atomic mass is 79.9. The van der Waals surface area contributed by atoms with E-state index < -0.39 is 0 Å². The van der Waals surface area contributed by atoms with E-state index in [1.807, 2.05) is 10.7 Å². The summed E-state index contributed by atoms with van der Waals surface area (Å²) < 4.78 is 4.33. The molecule has 0 fully saturated rings. The summed E-state index contributed by atoms with van der Waals surface area (Å²) in [6, 6.07) is 4.33. The zero-order valence-corrected chi connectivity index (χ0v) is 14.9. The van der Waals surface area contributed by atoms with Crippen LogP contribution in [-0.4, -0.2) is 19.6 Å². The van der Waals surface area contributed by atoms with Crippen LogP contribution >= 0.6 is 27.3 Å². The third-order valence-corrected chi connectivity index (χ3v) is 5.57. The van der Waals surface area contributed by atoms with Crippen LogP contribution < -0.4 is 0 Å². The third-order valence-electron chi connectivity index (χ3n) is 3.90. The second-order valence-electron chi connectivity index (χ2n) is 5.80. The molecule has 0 saturated heterocycles. The number of aromatic amines is 1. The van der Waals surface area contributed by atoms with Gasteiger partial charge in [0.15, 0.2) is 5.65 Å². The number of nitrogens with zero attached hydrogens (tertiary/aromatic N) is 3. The number of H-pyrrole nitrogens is 1. The van der Waals surface area contributed by atoms with E-state index in [1.54, 1.807) is 17.7 Å². The number of nitrogens with one attached hydrogen (secondary N) is 1. The summed E-state index contributed by atoms with van der Waals surface area (Å²) in [6.45, 7) is 6.55. The average Bonchev–Trinajstić information content (AvgIpc) is 3.10. The summed E-state index contributed by atoms with van der Waals surface area (Å²) in [6.07, 6.45) is 3.64. The monoisotopic (exact) mass is 374 g/mol. The second-order valence-corrected chi connectivity index (χ2v) is 8.23. The molecule has 0 saturated carbocycles. The van der Waals surface area contributed by atoms with Crippen molar-refractivity contribution < 1.29 is 0 Å². The van der Waals surface area contributed by atoms with Crippen LogP contribution in [0.2, 0.25) is 0 Å². The zero-order chi connectivity index (χ0) is 15.4. The molecule has 0 unspecified atom stereocenters. The van der Waals surface area contributed by atoms with Gasteiger partial charge in [0.05, 0.1) is 19.7 Å². The zero-order valence-electron chi connectivity index (χ0n) is 12.5. The lowest BCUT2D eigenvalue weighted by atomic mass is 9.99. The minimum atomic E-state index is 0.445. The highest BCUT2D eigenvalue weighted by Gasteiger charge is 2.19. The van der Waals surface area contributed by atoms with E-state index in [-0.39, 0.29) is 0 Å². The molecule has 0 amide bonds. The third kappa shape index (κ3) is 2.01. The first kappa shape index (κ1) is 14.0. The normalized spacial score (nSPS) is 12.0. The van der Waals surface area contributed by atoms with Crippen molar-refractivity contribution >= 4 is 43.1 Å². The van der Waals surface area contributed by atoms with Gasteiger partial charge in [0.2, 0.25) is 0 Å². The van der Waals surface area contributed by atoms with Gasteiger partial charge in [-0.1, -0.05) is 13.8 Å². The molecule has 4 rings (SSSR count). The van der Waals surface area contributed by atoms with Crippen LogP contribution in [0.3, 0.4) is 0 Å². The van der Waals surface area contributed by atoms with Crippen LogP contribution in [0.1, 0.15) is 30.9 Å². The Labute approximate surface area is 140 Å². The predicted molar refractivity (Wildman–Crippen MR) is 94.7 cm³/mol. The van der Waals surface area contributed by atoms with Crippen LogP contribution in [0, 0.1) is 6.92 Å². The van der Waals surface area contributed by atoms with Gasteiger partial charge in [-0.25, -0.2) is 9.50 Å². The number of halogens is 1. The fourth-order valence-corrected chi connectivity index (χ4v) is 4.73. The molecule has 0 aliphatic rings. The Morgan fingerprint density at radius 2 is 2.14 bits per heavy atom. The summed E-state index contributed by atoms with van der Waals surface area (Å²) >= 11 is 5.37. The van der Waals surface area contributed by atoms with Gasteiger partial charge in [-0.15, -0.1) is 11.3 Å². The molecule has 22 heavy (non-hydrogen) atoms. The number of aromatic nitrogens is 4. The Morgan fingerprint density at radius 1 is 1.32 bits per heavy atom. The first-order valence-corrected chi connectivity index (χ1v) is 8.77. The molecule has 0 bridgehead atoms. The smallest absolute Gasteiger partial charge is 0.158 e. The Morgan fingerprint density at radius 3 is 2.91 bits per heavy atom. The number of pyridine rings is 1. The van der Waals surface area contributed by atoms with E-state index in [0.29, 0.717) is 5.92 Å². The van der Waals surface area contributed by atoms with Crippen molar-refractivity contribution in [2.24, 2.45) is 0 Å². The number of hydrogen-bond acceptors (Lipinski definition) is 3. The highest BCUT2D eigenvalue weighted by Crippen LogP contribution is 2.41. The quantitative estimate of drug-likeness (QED) is 0.528. The van der Waals surface area contributed by atoms with E-state index in [4.69, 9.17) is 0 Å². The standard InChI is InChI=1S/C16H15BrN4S/c1-8(2)13-14(20-11-5-12(17)22-15(11)13)10-4-9(3)16-18-7-19-21(16)6-10/h4-8,20H,1-3H3. The number of hydrogen-bond donors (Lipinski definition) is 1. The number of fused-ring (bicyclic) bond motifs is 2. The minimum Gasteiger partial charge on any atom is -0.353 e. The lowest BCUT2D eigenvalue weighted by Crippen LogP contribution is -1.95. The number of thiophene rings is 1. The van der Waals surface area contributed by atoms with Crippen molar-refractivity contribution in [3.8, 4) is 11.3 Å². The van der Waals surface area contributed by atoms with Gasteiger partial charge in [0.1, 0.15) is 6.33 Å². The average molecular weight is 375 g/mol. The van der Waals surface area contributed by atoms with Crippen molar-refractivity contribution in [1.29, 1.82) is 0 Å². The van der Waals surface area contributed by atoms with Crippen molar-refractivity contribution in [1.82, 2.24) is 19.6 Å². The molecule has 1 N–H and O–H groups in total. The molecule has 0 aliphatic heterocycles. The lowest BCUT2D eigenvalue weighted by molar-refractivity contribution is 0.878. The maximum absolute atomic E-state index is 4.29. The predicted octanol–water partition coefficient (Wildman–Crippen LogP) is 5.13. The fraction of sp³-hybridized carbons (Fsp3) is 0.250. The topological polar surface area (TPSA) is 46.0 Å².